The molecule has 1 aliphatic rings. The lowest BCUT2D eigenvalue weighted by Crippen LogP contribution is -2.33. The molecule has 1 aliphatic heterocycles. The molecule has 0 bridgehead atoms. The Morgan fingerprint density at radius 1 is 1.55 bits per heavy atom. The third-order valence-corrected chi connectivity index (χ3v) is 3.47. The van der Waals surface area contributed by atoms with E-state index in [1.54, 1.807) is 0 Å². The zero-order chi connectivity index (χ0) is 15.3. The number of imidazole rings is 1. The minimum Gasteiger partial charge on any atom is -0.394 e. The third kappa shape index (κ3) is 1.83. The molecule has 2 aromatic rings. The molecule has 108 valence electrons. The minimum absolute atomic E-state index is 0.0650. The van der Waals surface area contributed by atoms with Gasteiger partial charge in [0, 0.05) is 0 Å². The molecule has 0 spiro atoms. The number of ether oxygens (including phenoxy) is 1. The van der Waals surface area contributed by atoms with Crippen molar-refractivity contribution >= 4 is 22.8 Å². The molecular formula is C10H12ClN5O4. The van der Waals surface area contributed by atoms with Crippen molar-refractivity contribution in [2.45, 2.75) is 24.5 Å². The third-order valence-electron chi connectivity index (χ3n) is 3.21. The number of fused-ring (bicyclic) bond motifs is 1. The number of rotatable bonds is 2. The highest BCUT2D eigenvalue weighted by Gasteiger charge is 2.44. The summed E-state index contributed by atoms with van der Waals surface area (Å²) in [5.41, 5.74) is -0.0222. The van der Waals surface area contributed by atoms with E-state index in [0.29, 0.717) is 0 Å². The van der Waals surface area contributed by atoms with Crippen molar-refractivity contribution in [2.24, 2.45) is 0 Å². The van der Waals surface area contributed by atoms with Gasteiger partial charge in [-0.1, -0.05) is 0 Å². The normalized spacial score (nSPS) is 30.9. The van der Waals surface area contributed by atoms with Crippen LogP contribution < -0.4 is 5.49 Å². The Balaban J connectivity index is 2.20. The maximum Gasteiger partial charge on any atom is 0.207 e. The fourth-order valence-electron chi connectivity index (χ4n) is 2.20. The Labute approximate surface area is 118 Å². The monoisotopic (exact) mass is 302 g/mol. The van der Waals surface area contributed by atoms with Crippen LogP contribution in [0.25, 0.3) is 11.2 Å². The molecule has 3 heterocycles. The summed E-state index contributed by atoms with van der Waals surface area (Å²) in [6, 6.07) is 0. The highest BCUT2D eigenvalue weighted by molar-refractivity contribution is 6.29. The van der Waals surface area contributed by atoms with Gasteiger partial charge in [0.25, 0.3) is 0 Å². The first kappa shape index (κ1) is 12.2. The Hall–Kier alpha value is -1.52. The number of hydrogen-bond acceptors (Lipinski definition) is 7. The molecule has 5 N–H and O–H groups in total. The summed E-state index contributed by atoms with van der Waals surface area (Å²) in [6.07, 6.45) is -3.69. The first-order valence-corrected chi connectivity index (χ1v) is 6.15. The standard InChI is InChI=1S/C10H12ClN5O4/c11-10-15-4-7(12)13-2-14-8(4)16(10)9-6(19)5(18)3(1-17)20-9/h2-3,5-6,9,17-19H,1H2,(H2,12,13,14)/t3-,5-,6-,9-/m1/s1/i/hD. The second kappa shape index (κ2) is 4.79. The van der Waals surface area contributed by atoms with Gasteiger partial charge < -0.3 is 25.0 Å². The Morgan fingerprint density at radius 2 is 2.30 bits per heavy atom. The molecule has 0 aliphatic carbocycles. The van der Waals surface area contributed by atoms with Gasteiger partial charge in [0.15, 0.2) is 18.6 Å². The number of aromatic amines is 1. The van der Waals surface area contributed by atoms with Gasteiger partial charge >= 0.3 is 0 Å². The molecule has 1 saturated heterocycles. The summed E-state index contributed by atoms with van der Waals surface area (Å²) in [5.74, 6) is 0. The molecule has 1 fully saturated rings. The van der Waals surface area contributed by atoms with Gasteiger partial charge in [-0.05, 0) is 11.6 Å². The van der Waals surface area contributed by atoms with Crippen molar-refractivity contribution in [1.82, 2.24) is 19.5 Å². The zero-order valence-electron chi connectivity index (χ0n) is 11.0. The van der Waals surface area contributed by atoms with Crippen LogP contribution in [0.1, 0.15) is 6.23 Å². The van der Waals surface area contributed by atoms with E-state index in [9.17, 15) is 10.2 Å². The predicted octanol–water partition coefficient (Wildman–Crippen LogP) is -1.50. The van der Waals surface area contributed by atoms with Crippen LogP contribution in [0.5, 0.6) is 0 Å². The molecule has 0 aromatic carbocycles. The molecule has 3 rings (SSSR count). The van der Waals surface area contributed by atoms with Gasteiger partial charge in [-0.25, -0.2) is 9.97 Å². The number of aliphatic hydroxyl groups is 3. The van der Waals surface area contributed by atoms with Crippen molar-refractivity contribution < 1.29 is 21.5 Å². The maximum atomic E-state index is 10.0. The van der Waals surface area contributed by atoms with E-state index in [1.165, 1.54) is 4.57 Å². The summed E-state index contributed by atoms with van der Waals surface area (Å²) >= 11 is 6.00. The molecule has 10 heteroatoms. The maximum absolute atomic E-state index is 10.0. The van der Waals surface area contributed by atoms with Gasteiger partial charge in [-0.2, -0.15) is 0 Å². The number of nitrogens with zero attached hydrogens (tertiary/aromatic N) is 3. The van der Waals surface area contributed by atoms with E-state index in [0.717, 1.165) is 11.3 Å². The number of nitrogens with one attached hydrogen (secondary N) is 2. The van der Waals surface area contributed by atoms with E-state index in [-0.39, 0.29) is 21.9 Å². The van der Waals surface area contributed by atoms with E-state index >= 15 is 0 Å². The fraction of sp³-hybridized carbons (Fsp3) is 0.500. The van der Waals surface area contributed by atoms with Gasteiger partial charge in [-0.15, -0.1) is 0 Å². The van der Waals surface area contributed by atoms with Gasteiger partial charge in [0.1, 0.15) is 24.0 Å². The smallest absolute Gasteiger partial charge is 0.207 e. The number of aliphatic hydroxyl groups excluding tert-OH is 3. The molecule has 9 nitrogen and oxygen atoms in total. The van der Waals surface area contributed by atoms with Crippen LogP contribution in [0.2, 0.25) is 6.70 Å². The molecule has 2 aromatic heterocycles. The van der Waals surface area contributed by atoms with E-state index < -0.39 is 31.1 Å². The summed E-state index contributed by atoms with van der Waals surface area (Å²) in [6.45, 7) is -0.481. The fourth-order valence-corrected chi connectivity index (χ4v) is 2.46. The van der Waals surface area contributed by atoms with Crippen molar-refractivity contribution in [3.05, 3.63) is 17.1 Å². The first-order chi connectivity index (χ1) is 9.95. The topological polar surface area (TPSA) is 140 Å². The molecule has 4 atom stereocenters. The van der Waals surface area contributed by atoms with E-state index in [1.807, 2.05) is 0 Å². The molecule has 0 radical (unpaired) electrons. The van der Waals surface area contributed by atoms with Crippen LogP contribution in [0.4, 0.5) is 0 Å². The highest BCUT2D eigenvalue weighted by atomic mass is 35.5. The zero-order valence-corrected chi connectivity index (χ0v) is 10.8. The average molecular weight is 303 g/mol. The average Bonchev–Trinajstić information content (AvgIpc) is 2.94. The van der Waals surface area contributed by atoms with Crippen LogP contribution in [-0.2, 0) is 4.74 Å². The van der Waals surface area contributed by atoms with Crippen LogP contribution in [0, 0.1) is 5.41 Å². The summed E-state index contributed by atoms with van der Waals surface area (Å²) in [5, 5.41) is 36.5. The molecule has 20 heavy (non-hydrogen) atoms. The van der Waals surface area contributed by atoms with Crippen LogP contribution in [0.15, 0.2) is 6.33 Å². The summed E-state index contributed by atoms with van der Waals surface area (Å²) in [7, 11) is 0. The largest absolute Gasteiger partial charge is 0.394 e. The quantitative estimate of drug-likeness (QED) is 0.428. The Morgan fingerprint density at radius 3 is 2.95 bits per heavy atom. The lowest BCUT2D eigenvalue weighted by molar-refractivity contribution is -0.0509. The second-order valence-electron chi connectivity index (χ2n) is 4.37. The number of halogens is 1. The van der Waals surface area contributed by atoms with Crippen molar-refractivity contribution in [2.75, 3.05) is 6.61 Å². The van der Waals surface area contributed by atoms with Crippen LogP contribution >= 0.6 is 11.6 Å². The van der Waals surface area contributed by atoms with Crippen LogP contribution in [-0.4, -0.2) is 59.8 Å². The Kier molecular flexibility index (Phi) is 2.93. The van der Waals surface area contributed by atoms with Crippen LogP contribution in [0.3, 0.4) is 0 Å². The minimum atomic E-state index is -1.36. The van der Waals surface area contributed by atoms with Crippen molar-refractivity contribution in [3.8, 4) is 0 Å². The van der Waals surface area contributed by atoms with Crippen molar-refractivity contribution in [1.29, 1.82) is 5.41 Å². The second-order valence-corrected chi connectivity index (χ2v) is 4.71. The number of H-pyrrole nitrogens is 1. The highest BCUT2D eigenvalue weighted by Crippen LogP contribution is 2.33. The van der Waals surface area contributed by atoms with E-state index in [4.69, 9.17) is 28.3 Å². The Bertz CT molecular complexity index is 749. The summed E-state index contributed by atoms with van der Waals surface area (Å²) in [4.78, 5) is 8.43. The predicted molar refractivity (Wildman–Crippen MR) is 65.8 cm³/mol. The lowest BCUT2D eigenvalue weighted by atomic mass is 10.1. The SMILES string of the molecule is [2H]n1cnc(=N)c2nc(Cl)n([C@@H]3O[C@H](CO)[C@@H](O)[C@H]3O)c21. The van der Waals surface area contributed by atoms with E-state index in [2.05, 4.69) is 9.97 Å². The molecular weight excluding hydrogens is 290 g/mol. The van der Waals surface area contributed by atoms with Gasteiger partial charge in [-0.3, -0.25) is 9.98 Å². The van der Waals surface area contributed by atoms with Gasteiger partial charge in [0.2, 0.25) is 5.28 Å². The number of hydrogen-bond donors (Lipinski definition) is 5. The van der Waals surface area contributed by atoms with Gasteiger partial charge in [0.05, 0.1) is 12.9 Å². The number of aromatic nitrogens is 4. The lowest BCUT2D eigenvalue weighted by Gasteiger charge is -2.17. The molecule has 0 unspecified atom stereocenters. The van der Waals surface area contributed by atoms with Crippen molar-refractivity contribution in [3.63, 3.8) is 0 Å². The first-order valence-electron chi connectivity index (χ1n) is 6.21. The summed E-state index contributed by atoms with van der Waals surface area (Å²) < 4.78 is 14.4. The molecule has 0 saturated carbocycles. The molecule has 0 amide bonds.